The molecule has 0 spiro atoms. The standard InChI is InChI=1S/C16H21FO2/c1-12(19-11-13-5-3-2-4-6-13)16(18)14-7-9-15(17)10-8-14/h7-10,12-13H,2-6,11H2,1H3. The Balaban J connectivity index is 1.83. The van der Waals surface area contributed by atoms with Gasteiger partial charge in [0.15, 0.2) is 5.78 Å². The van der Waals surface area contributed by atoms with Crippen LogP contribution in [0, 0.1) is 11.7 Å². The van der Waals surface area contributed by atoms with Crippen LogP contribution in [-0.2, 0) is 4.74 Å². The zero-order valence-electron chi connectivity index (χ0n) is 11.4. The van der Waals surface area contributed by atoms with Gasteiger partial charge in [-0.15, -0.1) is 0 Å². The van der Waals surface area contributed by atoms with Gasteiger partial charge in [0, 0.05) is 5.56 Å². The molecule has 1 atom stereocenters. The summed E-state index contributed by atoms with van der Waals surface area (Å²) in [7, 11) is 0. The number of halogens is 1. The molecule has 1 aliphatic rings. The van der Waals surface area contributed by atoms with Crippen LogP contribution in [-0.4, -0.2) is 18.5 Å². The van der Waals surface area contributed by atoms with Crippen molar-refractivity contribution >= 4 is 5.78 Å². The van der Waals surface area contributed by atoms with Crippen molar-refractivity contribution < 1.29 is 13.9 Å². The van der Waals surface area contributed by atoms with E-state index in [0.29, 0.717) is 18.1 Å². The molecule has 0 aromatic heterocycles. The van der Waals surface area contributed by atoms with Crippen LogP contribution in [0.4, 0.5) is 4.39 Å². The third-order valence-electron chi connectivity index (χ3n) is 3.80. The summed E-state index contributed by atoms with van der Waals surface area (Å²) in [6.45, 7) is 2.43. The van der Waals surface area contributed by atoms with Crippen LogP contribution in [0.2, 0.25) is 0 Å². The maximum Gasteiger partial charge on any atom is 0.191 e. The predicted molar refractivity (Wildman–Crippen MR) is 72.7 cm³/mol. The molecule has 1 unspecified atom stereocenters. The molecule has 19 heavy (non-hydrogen) atoms. The zero-order chi connectivity index (χ0) is 13.7. The van der Waals surface area contributed by atoms with Gasteiger partial charge < -0.3 is 4.74 Å². The van der Waals surface area contributed by atoms with E-state index < -0.39 is 6.10 Å². The monoisotopic (exact) mass is 264 g/mol. The number of hydrogen-bond acceptors (Lipinski definition) is 2. The summed E-state index contributed by atoms with van der Waals surface area (Å²) in [6.07, 6.45) is 5.82. The maximum absolute atomic E-state index is 12.8. The number of ketones is 1. The molecule has 1 saturated carbocycles. The number of benzene rings is 1. The number of hydrogen-bond donors (Lipinski definition) is 0. The second kappa shape index (κ2) is 6.80. The van der Waals surface area contributed by atoms with Gasteiger partial charge in [-0.05, 0) is 49.9 Å². The van der Waals surface area contributed by atoms with Crippen molar-refractivity contribution in [1.29, 1.82) is 0 Å². The molecule has 0 radical (unpaired) electrons. The highest BCUT2D eigenvalue weighted by atomic mass is 19.1. The van der Waals surface area contributed by atoms with E-state index in [-0.39, 0.29) is 11.6 Å². The summed E-state index contributed by atoms with van der Waals surface area (Å²) in [5, 5.41) is 0. The fourth-order valence-electron chi connectivity index (χ4n) is 2.56. The summed E-state index contributed by atoms with van der Waals surface area (Å²) in [5.74, 6) is 0.195. The molecule has 0 saturated heterocycles. The molecule has 1 aliphatic carbocycles. The van der Waals surface area contributed by atoms with Gasteiger partial charge in [-0.2, -0.15) is 0 Å². The molecule has 2 rings (SSSR count). The van der Waals surface area contributed by atoms with Crippen molar-refractivity contribution in [3.63, 3.8) is 0 Å². The van der Waals surface area contributed by atoms with Gasteiger partial charge in [0.25, 0.3) is 0 Å². The van der Waals surface area contributed by atoms with E-state index in [0.717, 1.165) is 0 Å². The Morgan fingerprint density at radius 2 is 1.89 bits per heavy atom. The van der Waals surface area contributed by atoms with Gasteiger partial charge in [-0.3, -0.25) is 4.79 Å². The highest BCUT2D eigenvalue weighted by Crippen LogP contribution is 2.24. The molecular formula is C16H21FO2. The van der Waals surface area contributed by atoms with Gasteiger partial charge >= 0.3 is 0 Å². The lowest BCUT2D eigenvalue weighted by Crippen LogP contribution is -2.25. The van der Waals surface area contributed by atoms with Crippen molar-refractivity contribution in [1.82, 2.24) is 0 Å². The Labute approximate surface area is 114 Å². The van der Waals surface area contributed by atoms with Crippen LogP contribution in [0.5, 0.6) is 0 Å². The Bertz CT molecular complexity index is 407. The summed E-state index contributed by atoms with van der Waals surface area (Å²) in [4.78, 5) is 12.1. The van der Waals surface area contributed by atoms with E-state index in [1.54, 1.807) is 6.92 Å². The van der Waals surface area contributed by atoms with Gasteiger partial charge in [-0.1, -0.05) is 19.3 Å². The van der Waals surface area contributed by atoms with Crippen molar-refractivity contribution in [2.45, 2.75) is 45.1 Å². The van der Waals surface area contributed by atoms with Gasteiger partial charge in [0.2, 0.25) is 0 Å². The minimum Gasteiger partial charge on any atom is -0.370 e. The van der Waals surface area contributed by atoms with Crippen molar-refractivity contribution in [2.75, 3.05) is 6.61 Å². The SMILES string of the molecule is CC(OCC1CCCCC1)C(=O)c1ccc(F)cc1. The van der Waals surface area contributed by atoms with Gasteiger partial charge in [0.1, 0.15) is 11.9 Å². The average molecular weight is 264 g/mol. The molecule has 104 valence electrons. The second-order valence-corrected chi connectivity index (χ2v) is 5.35. The number of Topliss-reactive ketones (excluding diaryl/α,β-unsaturated/α-hetero) is 1. The third-order valence-corrected chi connectivity index (χ3v) is 3.80. The first-order valence-electron chi connectivity index (χ1n) is 7.08. The van der Waals surface area contributed by atoms with E-state index in [9.17, 15) is 9.18 Å². The Hall–Kier alpha value is -1.22. The van der Waals surface area contributed by atoms with Gasteiger partial charge in [0.05, 0.1) is 6.61 Å². The van der Waals surface area contributed by atoms with E-state index in [1.165, 1.54) is 56.4 Å². The first-order chi connectivity index (χ1) is 9.16. The van der Waals surface area contributed by atoms with Crippen LogP contribution in [0.25, 0.3) is 0 Å². The van der Waals surface area contributed by atoms with Crippen LogP contribution >= 0.6 is 0 Å². The number of carbonyl (C=O) groups is 1. The minimum atomic E-state index is -0.451. The molecule has 1 aromatic rings. The van der Waals surface area contributed by atoms with Crippen LogP contribution < -0.4 is 0 Å². The minimum absolute atomic E-state index is 0.0733. The van der Waals surface area contributed by atoms with Crippen LogP contribution in [0.15, 0.2) is 24.3 Å². The number of carbonyl (C=O) groups excluding carboxylic acids is 1. The molecule has 0 aliphatic heterocycles. The predicted octanol–water partition coefficient (Wildman–Crippen LogP) is 3.99. The second-order valence-electron chi connectivity index (χ2n) is 5.35. The van der Waals surface area contributed by atoms with Crippen molar-refractivity contribution in [2.24, 2.45) is 5.92 Å². The Kier molecular flexibility index (Phi) is 5.08. The smallest absolute Gasteiger partial charge is 0.191 e. The van der Waals surface area contributed by atoms with E-state index >= 15 is 0 Å². The van der Waals surface area contributed by atoms with E-state index in [4.69, 9.17) is 4.74 Å². The topological polar surface area (TPSA) is 26.3 Å². The molecule has 0 amide bonds. The summed E-state index contributed by atoms with van der Waals surface area (Å²) >= 11 is 0. The van der Waals surface area contributed by atoms with Crippen LogP contribution in [0.3, 0.4) is 0 Å². The molecule has 0 heterocycles. The normalized spacial score (nSPS) is 18.2. The lowest BCUT2D eigenvalue weighted by Gasteiger charge is -2.23. The number of ether oxygens (including phenoxy) is 1. The summed E-state index contributed by atoms with van der Waals surface area (Å²) < 4.78 is 18.5. The molecule has 2 nitrogen and oxygen atoms in total. The van der Waals surface area contributed by atoms with E-state index in [1.807, 2.05) is 0 Å². The maximum atomic E-state index is 12.8. The summed E-state index contributed by atoms with van der Waals surface area (Å²) in [5.41, 5.74) is 0.512. The fourth-order valence-corrected chi connectivity index (χ4v) is 2.56. The van der Waals surface area contributed by atoms with Gasteiger partial charge in [-0.25, -0.2) is 4.39 Å². The highest BCUT2D eigenvalue weighted by Gasteiger charge is 2.19. The molecular weight excluding hydrogens is 243 g/mol. The lowest BCUT2D eigenvalue weighted by molar-refractivity contribution is 0.0286. The first-order valence-corrected chi connectivity index (χ1v) is 7.08. The Morgan fingerprint density at radius 3 is 2.53 bits per heavy atom. The van der Waals surface area contributed by atoms with E-state index in [2.05, 4.69) is 0 Å². The van der Waals surface area contributed by atoms with Crippen LogP contribution in [0.1, 0.15) is 49.4 Å². The third kappa shape index (κ3) is 4.13. The first kappa shape index (κ1) is 14.2. The number of rotatable bonds is 5. The lowest BCUT2D eigenvalue weighted by atomic mass is 9.90. The molecule has 0 bridgehead atoms. The fraction of sp³-hybridized carbons (Fsp3) is 0.562. The molecule has 0 N–H and O–H groups in total. The molecule has 1 aromatic carbocycles. The highest BCUT2D eigenvalue weighted by molar-refractivity contribution is 5.99. The molecule has 1 fully saturated rings. The van der Waals surface area contributed by atoms with Crippen molar-refractivity contribution in [3.8, 4) is 0 Å². The largest absolute Gasteiger partial charge is 0.370 e. The molecule has 3 heteroatoms. The quantitative estimate of drug-likeness (QED) is 0.751. The Morgan fingerprint density at radius 1 is 1.26 bits per heavy atom. The average Bonchev–Trinajstić information content (AvgIpc) is 2.46. The zero-order valence-corrected chi connectivity index (χ0v) is 11.4. The van der Waals surface area contributed by atoms with Crippen molar-refractivity contribution in [3.05, 3.63) is 35.6 Å². The summed E-state index contributed by atoms with van der Waals surface area (Å²) in [6, 6.07) is 5.64.